The van der Waals surface area contributed by atoms with E-state index in [2.05, 4.69) is 30.9 Å². The van der Waals surface area contributed by atoms with Gasteiger partial charge in [0.1, 0.15) is 6.04 Å². The molecule has 21 heavy (non-hydrogen) atoms. The van der Waals surface area contributed by atoms with Gasteiger partial charge < -0.3 is 4.74 Å². The van der Waals surface area contributed by atoms with E-state index in [9.17, 15) is 4.79 Å². The number of esters is 1. The maximum atomic E-state index is 11.8. The summed E-state index contributed by atoms with van der Waals surface area (Å²) in [6, 6.07) is 7.99. The molecule has 1 aliphatic heterocycles. The zero-order valence-corrected chi connectivity index (χ0v) is 13.8. The SMILES string of the molecule is COC(=O)[C@H]1CCCN1CCC(C)(C)c1ccc(Cl)cc1. The summed E-state index contributed by atoms with van der Waals surface area (Å²) in [6.45, 7) is 6.37. The summed E-state index contributed by atoms with van der Waals surface area (Å²) in [6.07, 6.45) is 2.98. The van der Waals surface area contributed by atoms with Crippen molar-refractivity contribution in [1.82, 2.24) is 4.90 Å². The molecule has 1 heterocycles. The Morgan fingerprint density at radius 2 is 2.05 bits per heavy atom. The van der Waals surface area contributed by atoms with E-state index in [1.807, 2.05) is 12.1 Å². The number of ether oxygens (including phenoxy) is 1. The number of rotatable bonds is 5. The highest BCUT2D eigenvalue weighted by Gasteiger charge is 2.32. The summed E-state index contributed by atoms with van der Waals surface area (Å²) in [4.78, 5) is 14.0. The van der Waals surface area contributed by atoms with E-state index in [4.69, 9.17) is 16.3 Å². The quantitative estimate of drug-likeness (QED) is 0.778. The standard InChI is InChI=1S/C17H24ClNO2/c1-17(2,13-6-8-14(18)9-7-13)10-12-19-11-4-5-15(19)16(20)21-3/h6-9,15H,4-5,10-12H2,1-3H3/t15-/m1/s1. The van der Waals surface area contributed by atoms with Crippen molar-refractivity contribution in [2.45, 2.75) is 44.6 Å². The van der Waals surface area contributed by atoms with E-state index in [0.717, 1.165) is 37.4 Å². The van der Waals surface area contributed by atoms with Gasteiger partial charge in [-0.05, 0) is 55.5 Å². The summed E-state index contributed by atoms with van der Waals surface area (Å²) >= 11 is 5.95. The van der Waals surface area contributed by atoms with Crippen LogP contribution in [-0.4, -0.2) is 37.1 Å². The van der Waals surface area contributed by atoms with Crippen molar-refractivity contribution in [3.63, 3.8) is 0 Å². The van der Waals surface area contributed by atoms with E-state index in [-0.39, 0.29) is 17.4 Å². The molecule has 2 rings (SSSR count). The highest BCUT2D eigenvalue weighted by Crippen LogP contribution is 2.30. The Morgan fingerprint density at radius 3 is 2.67 bits per heavy atom. The van der Waals surface area contributed by atoms with Crippen LogP contribution < -0.4 is 0 Å². The lowest BCUT2D eigenvalue weighted by atomic mass is 9.81. The van der Waals surface area contributed by atoms with E-state index in [1.165, 1.54) is 12.7 Å². The Bertz CT molecular complexity index is 484. The molecule has 1 aromatic carbocycles. The van der Waals surface area contributed by atoms with Crippen molar-refractivity contribution in [3.05, 3.63) is 34.9 Å². The van der Waals surface area contributed by atoms with E-state index >= 15 is 0 Å². The Balaban J connectivity index is 1.97. The number of hydrogen-bond donors (Lipinski definition) is 0. The first-order valence-electron chi connectivity index (χ1n) is 7.52. The van der Waals surface area contributed by atoms with Gasteiger partial charge >= 0.3 is 5.97 Å². The molecule has 0 spiro atoms. The molecular weight excluding hydrogens is 286 g/mol. The minimum atomic E-state index is -0.100. The highest BCUT2D eigenvalue weighted by molar-refractivity contribution is 6.30. The number of halogens is 1. The molecule has 1 aromatic rings. The predicted molar refractivity (Wildman–Crippen MR) is 85.7 cm³/mol. The Labute approximate surface area is 132 Å². The van der Waals surface area contributed by atoms with Crippen molar-refractivity contribution in [3.8, 4) is 0 Å². The molecule has 4 heteroatoms. The Morgan fingerprint density at radius 1 is 1.38 bits per heavy atom. The third-order valence-corrected chi connectivity index (χ3v) is 4.74. The first-order valence-corrected chi connectivity index (χ1v) is 7.90. The van der Waals surface area contributed by atoms with Crippen LogP contribution in [0, 0.1) is 0 Å². The molecule has 0 N–H and O–H groups in total. The lowest BCUT2D eigenvalue weighted by molar-refractivity contribution is -0.145. The highest BCUT2D eigenvalue weighted by atomic mass is 35.5. The summed E-state index contributed by atoms with van der Waals surface area (Å²) in [5.41, 5.74) is 1.34. The monoisotopic (exact) mass is 309 g/mol. The topological polar surface area (TPSA) is 29.5 Å². The van der Waals surface area contributed by atoms with Crippen LogP contribution in [0.2, 0.25) is 5.02 Å². The van der Waals surface area contributed by atoms with Crippen LogP contribution in [0.1, 0.15) is 38.7 Å². The molecule has 0 aliphatic carbocycles. The van der Waals surface area contributed by atoms with E-state index in [0.29, 0.717) is 0 Å². The summed E-state index contributed by atoms with van der Waals surface area (Å²) in [5.74, 6) is -0.100. The van der Waals surface area contributed by atoms with E-state index in [1.54, 1.807) is 0 Å². The molecule has 3 nitrogen and oxygen atoms in total. The normalized spacial score (nSPS) is 19.7. The molecule has 0 unspecified atom stereocenters. The summed E-state index contributed by atoms with van der Waals surface area (Å²) in [5, 5.41) is 0.764. The number of likely N-dealkylation sites (tertiary alicyclic amines) is 1. The third kappa shape index (κ3) is 3.98. The summed E-state index contributed by atoms with van der Waals surface area (Å²) in [7, 11) is 1.47. The van der Waals surface area contributed by atoms with Crippen LogP contribution in [0.25, 0.3) is 0 Å². The van der Waals surface area contributed by atoms with Gasteiger partial charge in [0, 0.05) is 5.02 Å². The maximum Gasteiger partial charge on any atom is 0.323 e. The fourth-order valence-electron chi connectivity index (χ4n) is 2.97. The zero-order valence-electron chi connectivity index (χ0n) is 13.1. The smallest absolute Gasteiger partial charge is 0.323 e. The molecule has 1 saturated heterocycles. The van der Waals surface area contributed by atoms with Crippen LogP contribution >= 0.6 is 11.6 Å². The van der Waals surface area contributed by atoms with Crippen molar-refractivity contribution >= 4 is 17.6 Å². The van der Waals surface area contributed by atoms with Gasteiger partial charge in [0.15, 0.2) is 0 Å². The fraction of sp³-hybridized carbons (Fsp3) is 0.588. The van der Waals surface area contributed by atoms with Crippen LogP contribution in [0.4, 0.5) is 0 Å². The Hall–Kier alpha value is -1.06. The van der Waals surface area contributed by atoms with Gasteiger partial charge in [-0.1, -0.05) is 37.6 Å². The average molecular weight is 310 g/mol. The molecule has 0 radical (unpaired) electrons. The van der Waals surface area contributed by atoms with Gasteiger partial charge in [-0.25, -0.2) is 0 Å². The molecule has 0 aromatic heterocycles. The second-order valence-corrected chi connectivity index (χ2v) is 6.79. The van der Waals surface area contributed by atoms with Crippen LogP contribution in [-0.2, 0) is 14.9 Å². The second-order valence-electron chi connectivity index (χ2n) is 6.36. The van der Waals surface area contributed by atoms with Gasteiger partial charge in [0.2, 0.25) is 0 Å². The van der Waals surface area contributed by atoms with Gasteiger partial charge in [-0.15, -0.1) is 0 Å². The number of nitrogens with zero attached hydrogens (tertiary/aromatic N) is 1. The first kappa shape index (κ1) is 16.3. The number of carbonyl (C=O) groups excluding carboxylic acids is 1. The fourth-order valence-corrected chi connectivity index (χ4v) is 3.09. The molecule has 0 saturated carbocycles. The molecule has 0 bridgehead atoms. The lowest BCUT2D eigenvalue weighted by Gasteiger charge is -2.30. The van der Waals surface area contributed by atoms with Gasteiger partial charge in [0.05, 0.1) is 7.11 Å². The number of benzene rings is 1. The van der Waals surface area contributed by atoms with Crippen LogP contribution in [0.5, 0.6) is 0 Å². The van der Waals surface area contributed by atoms with Gasteiger partial charge in [0.25, 0.3) is 0 Å². The molecular formula is C17H24ClNO2. The minimum absolute atomic E-state index is 0.0592. The van der Waals surface area contributed by atoms with Crippen molar-refractivity contribution in [2.24, 2.45) is 0 Å². The van der Waals surface area contributed by atoms with Crippen LogP contribution in [0.15, 0.2) is 24.3 Å². The molecule has 116 valence electrons. The molecule has 1 aliphatic rings. The second kappa shape index (κ2) is 6.80. The molecule has 0 amide bonds. The van der Waals surface area contributed by atoms with Crippen molar-refractivity contribution < 1.29 is 9.53 Å². The van der Waals surface area contributed by atoms with Gasteiger partial charge in [-0.2, -0.15) is 0 Å². The largest absolute Gasteiger partial charge is 0.468 e. The predicted octanol–water partition coefficient (Wildman–Crippen LogP) is 3.65. The lowest BCUT2D eigenvalue weighted by Crippen LogP contribution is -2.39. The minimum Gasteiger partial charge on any atom is -0.468 e. The van der Waals surface area contributed by atoms with Crippen molar-refractivity contribution in [1.29, 1.82) is 0 Å². The zero-order chi connectivity index (χ0) is 15.5. The molecule has 1 fully saturated rings. The third-order valence-electron chi connectivity index (χ3n) is 4.49. The average Bonchev–Trinajstić information content (AvgIpc) is 2.93. The Kier molecular flexibility index (Phi) is 5.28. The summed E-state index contributed by atoms with van der Waals surface area (Å²) < 4.78 is 4.90. The van der Waals surface area contributed by atoms with Crippen LogP contribution in [0.3, 0.4) is 0 Å². The number of hydrogen-bond acceptors (Lipinski definition) is 3. The molecule has 1 atom stereocenters. The number of methoxy groups -OCH3 is 1. The van der Waals surface area contributed by atoms with E-state index < -0.39 is 0 Å². The first-order chi connectivity index (χ1) is 9.94. The van der Waals surface area contributed by atoms with Crippen molar-refractivity contribution in [2.75, 3.05) is 20.2 Å². The van der Waals surface area contributed by atoms with Gasteiger partial charge in [-0.3, -0.25) is 9.69 Å². The number of carbonyl (C=O) groups is 1. The maximum absolute atomic E-state index is 11.8.